The lowest BCUT2D eigenvalue weighted by atomic mass is 10.3. The van der Waals surface area contributed by atoms with Crippen LogP contribution in [0, 0.1) is 6.92 Å². The van der Waals surface area contributed by atoms with Gasteiger partial charge in [0.1, 0.15) is 4.88 Å². The van der Waals surface area contributed by atoms with Crippen molar-refractivity contribution in [1.82, 2.24) is 25.0 Å². The maximum absolute atomic E-state index is 12.6. The van der Waals surface area contributed by atoms with E-state index in [4.69, 9.17) is 4.42 Å². The van der Waals surface area contributed by atoms with Gasteiger partial charge in [-0.3, -0.25) is 9.69 Å². The van der Waals surface area contributed by atoms with E-state index in [1.165, 1.54) is 11.3 Å². The summed E-state index contributed by atoms with van der Waals surface area (Å²) in [5.41, 5.74) is 2.55. The van der Waals surface area contributed by atoms with Gasteiger partial charge in [0.05, 0.1) is 17.7 Å². The lowest BCUT2D eigenvalue weighted by Crippen LogP contribution is -2.35. The van der Waals surface area contributed by atoms with Gasteiger partial charge >= 0.3 is 0 Å². The Hall–Kier alpha value is -1.80. The predicted molar refractivity (Wildman–Crippen MR) is 86.3 cm³/mol. The van der Waals surface area contributed by atoms with Crippen LogP contribution in [-0.2, 0) is 13.0 Å². The van der Waals surface area contributed by atoms with Crippen molar-refractivity contribution in [2.75, 3.05) is 26.2 Å². The van der Waals surface area contributed by atoms with E-state index >= 15 is 0 Å². The largest absolute Gasteiger partial charge is 0.424 e. The maximum atomic E-state index is 12.6. The van der Waals surface area contributed by atoms with Crippen LogP contribution in [0.2, 0.25) is 0 Å². The van der Waals surface area contributed by atoms with E-state index in [0.717, 1.165) is 43.0 Å². The van der Waals surface area contributed by atoms with Crippen LogP contribution in [0.3, 0.4) is 0 Å². The van der Waals surface area contributed by atoms with Crippen LogP contribution in [0.15, 0.2) is 9.93 Å². The van der Waals surface area contributed by atoms with Gasteiger partial charge < -0.3 is 9.32 Å². The zero-order valence-corrected chi connectivity index (χ0v) is 14.3. The Bertz CT molecular complexity index is 668. The fourth-order valence-electron chi connectivity index (χ4n) is 2.67. The van der Waals surface area contributed by atoms with Crippen molar-refractivity contribution in [2.45, 2.75) is 33.2 Å². The van der Waals surface area contributed by atoms with Gasteiger partial charge in [-0.2, -0.15) is 0 Å². The molecule has 1 aliphatic heterocycles. The van der Waals surface area contributed by atoms with Crippen molar-refractivity contribution >= 4 is 17.2 Å². The molecular weight excluding hydrogens is 314 g/mol. The number of aryl methyl sites for hydroxylation is 2. The molecule has 0 unspecified atom stereocenters. The Kier molecular flexibility index (Phi) is 5.02. The Morgan fingerprint density at radius 3 is 2.78 bits per heavy atom. The summed E-state index contributed by atoms with van der Waals surface area (Å²) in [6, 6.07) is 0. The van der Waals surface area contributed by atoms with Crippen LogP contribution in [-0.4, -0.2) is 57.1 Å². The molecule has 1 fully saturated rings. The summed E-state index contributed by atoms with van der Waals surface area (Å²) in [6.07, 6.45) is 1.70. The van der Waals surface area contributed by atoms with Crippen LogP contribution < -0.4 is 0 Å². The highest BCUT2D eigenvalue weighted by molar-refractivity contribution is 7.11. The summed E-state index contributed by atoms with van der Waals surface area (Å²) in [6.45, 7) is 7.75. The topological polar surface area (TPSA) is 75.4 Å². The molecular formula is C15H21N5O2S. The van der Waals surface area contributed by atoms with E-state index < -0.39 is 0 Å². The number of hydrogen-bond donors (Lipinski definition) is 0. The van der Waals surface area contributed by atoms with E-state index in [2.05, 4.69) is 20.1 Å². The van der Waals surface area contributed by atoms with E-state index in [9.17, 15) is 4.79 Å². The van der Waals surface area contributed by atoms with Gasteiger partial charge in [-0.25, -0.2) is 4.98 Å². The van der Waals surface area contributed by atoms with Gasteiger partial charge in [0.15, 0.2) is 0 Å². The Balaban J connectivity index is 1.58. The summed E-state index contributed by atoms with van der Waals surface area (Å²) in [5, 5.41) is 8.07. The van der Waals surface area contributed by atoms with Crippen molar-refractivity contribution in [2.24, 2.45) is 0 Å². The molecule has 0 spiro atoms. The molecule has 1 amide bonds. The summed E-state index contributed by atoms with van der Waals surface area (Å²) in [4.78, 5) is 21.7. The minimum atomic E-state index is 0.0953. The number of aromatic nitrogens is 3. The third-order valence-electron chi connectivity index (χ3n) is 3.99. The molecule has 0 radical (unpaired) electrons. The number of thiazole rings is 1. The first-order valence-corrected chi connectivity index (χ1v) is 8.78. The maximum Gasteiger partial charge on any atom is 0.265 e. The number of carbonyl (C=O) groups excluding carboxylic acids is 1. The van der Waals surface area contributed by atoms with E-state index in [-0.39, 0.29) is 5.91 Å². The van der Waals surface area contributed by atoms with Gasteiger partial charge in [-0.15, -0.1) is 21.5 Å². The molecule has 0 N–H and O–H groups in total. The minimum Gasteiger partial charge on any atom is -0.424 e. The minimum absolute atomic E-state index is 0.0953. The quantitative estimate of drug-likeness (QED) is 0.847. The molecule has 0 aromatic carbocycles. The smallest absolute Gasteiger partial charge is 0.265 e. The number of carbonyl (C=O) groups is 1. The molecule has 2 aromatic heterocycles. The van der Waals surface area contributed by atoms with Gasteiger partial charge in [0.2, 0.25) is 11.8 Å². The molecule has 23 heavy (non-hydrogen) atoms. The molecule has 0 atom stereocenters. The normalized spacial score (nSPS) is 16.5. The zero-order valence-electron chi connectivity index (χ0n) is 13.5. The van der Waals surface area contributed by atoms with Crippen molar-refractivity contribution in [1.29, 1.82) is 0 Å². The SMILES string of the molecule is CCc1nnc(CN2CCCN(C(=O)c3scnc3C)CC2)o1. The van der Waals surface area contributed by atoms with E-state index in [1.807, 2.05) is 18.7 Å². The number of rotatable bonds is 4. The van der Waals surface area contributed by atoms with Gasteiger partial charge in [-0.1, -0.05) is 6.92 Å². The van der Waals surface area contributed by atoms with Crippen LogP contribution in [0.4, 0.5) is 0 Å². The lowest BCUT2D eigenvalue weighted by molar-refractivity contribution is 0.0764. The number of nitrogens with zero attached hydrogens (tertiary/aromatic N) is 5. The number of amides is 1. The van der Waals surface area contributed by atoms with Crippen molar-refractivity contribution in [3.63, 3.8) is 0 Å². The molecule has 1 saturated heterocycles. The van der Waals surface area contributed by atoms with E-state index in [1.54, 1.807) is 5.51 Å². The first kappa shape index (κ1) is 16.1. The summed E-state index contributed by atoms with van der Waals surface area (Å²) in [7, 11) is 0. The van der Waals surface area contributed by atoms with Gasteiger partial charge in [0, 0.05) is 32.6 Å². The molecule has 0 bridgehead atoms. The Morgan fingerprint density at radius 1 is 1.26 bits per heavy atom. The monoisotopic (exact) mass is 335 g/mol. The molecule has 3 heterocycles. The van der Waals surface area contributed by atoms with Crippen LogP contribution in [0.1, 0.15) is 40.5 Å². The summed E-state index contributed by atoms with van der Waals surface area (Å²) >= 11 is 1.42. The van der Waals surface area contributed by atoms with Crippen molar-refractivity contribution < 1.29 is 9.21 Å². The average molecular weight is 335 g/mol. The Labute approximate surface area is 139 Å². The first-order valence-electron chi connectivity index (χ1n) is 7.90. The molecule has 8 heteroatoms. The molecule has 124 valence electrons. The standard InChI is InChI=1S/C15H21N5O2S/c1-3-12-17-18-13(22-12)9-19-5-4-6-20(8-7-19)15(21)14-11(2)16-10-23-14/h10H,3-9H2,1-2H3. The second-order valence-electron chi connectivity index (χ2n) is 5.63. The van der Waals surface area contributed by atoms with Gasteiger partial charge in [0.25, 0.3) is 5.91 Å². The van der Waals surface area contributed by atoms with Crippen molar-refractivity contribution in [3.8, 4) is 0 Å². The highest BCUT2D eigenvalue weighted by Gasteiger charge is 2.23. The summed E-state index contributed by atoms with van der Waals surface area (Å²) in [5.74, 6) is 1.42. The number of hydrogen-bond acceptors (Lipinski definition) is 7. The molecule has 7 nitrogen and oxygen atoms in total. The highest BCUT2D eigenvalue weighted by atomic mass is 32.1. The average Bonchev–Trinajstić information content (AvgIpc) is 3.11. The summed E-state index contributed by atoms with van der Waals surface area (Å²) < 4.78 is 5.57. The molecule has 3 rings (SSSR count). The second-order valence-corrected chi connectivity index (χ2v) is 6.49. The lowest BCUT2D eigenvalue weighted by Gasteiger charge is -2.20. The predicted octanol–water partition coefficient (Wildman–Crippen LogP) is 1.75. The van der Waals surface area contributed by atoms with Crippen LogP contribution >= 0.6 is 11.3 Å². The second kappa shape index (κ2) is 7.18. The van der Waals surface area contributed by atoms with Crippen molar-refractivity contribution in [3.05, 3.63) is 27.9 Å². The van der Waals surface area contributed by atoms with E-state index in [0.29, 0.717) is 24.9 Å². The zero-order chi connectivity index (χ0) is 16.2. The Morgan fingerprint density at radius 2 is 2.09 bits per heavy atom. The molecule has 0 saturated carbocycles. The van der Waals surface area contributed by atoms with Crippen LogP contribution in [0.5, 0.6) is 0 Å². The van der Waals surface area contributed by atoms with Crippen LogP contribution in [0.25, 0.3) is 0 Å². The molecule has 1 aliphatic rings. The molecule has 0 aliphatic carbocycles. The van der Waals surface area contributed by atoms with Gasteiger partial charge in [-0.05, 0) is 13.3 Å². The molecule has 2 aromatic rings. The first-order chi connectivity index (χ1) is 11.2. The fraction of sp³-hybridized carbons (Fsp3) is 0.600. The highest BCUT2D eigenvalue weighted by Crippen LogP contribution is 2.17. The fourth-order valence-corrected chi connectivity index (χ4v) is 3.44. The third-order valence-corrected chi connectivity index (χ3v) is 4.90. The third kappa shape index (κ3) is 3.76.